The van der Waals surface area contributed by atoms with Crippen LogP contribution in [0.5, 0.6) is 0 Å². The molecule has 2 rings (SSSR count). The third kappa shape index (κ3) is 1.61. The number of nitrogens with zero attached hydrogens (tertiary/aromatic N) is 2. The lowest BCUT2D eigenvalue weighted by Gasteiger charge is -2.07. The van der Waals surface area contributed by atoms with Crippen LogP contribution in [0.4, 0.5) is 0 Å². The molecule has 0 saturated heterocycles. The van der Waals surface area contributed by atoms with Gasteiger partial charge >= 0.3 is 0 Å². The zero-order valence-electron chi connectivity index (χ0n) is 7.51. The van der Waals surface area contributed by atoms with Crippen LogP contribution >= 0.6 is 0 Å². The highest BCUT2D eigenvalue weighted by molar-refractivity contribution is 6.18. The monoisotopic (exact) mass is 171 g/mol. The predicted octanol–water partition coefficient (Wildman–Crippen LogP) is 2.43. The van der Waals surface area contributed by atoms with E-state index in [4.69, 9.17) is 0 Å². The summed E-state index contributed by atoms with van der Waals surface area (Å²) in [5.41, 5.74) is 1.26. The quantitative estimate of drug-likeness (QED) is 0.610. The minimum atomic E-state index is 0.288. The van der Waals surface area contributed by atoms with Crippen LogP contribution in [0.3, 0.4) is 0 Å². The summed E-state index contributed by atoms with van der Waals surface area (Å²) in [4.78, 5) is 8.36. The van der Waals surface area contributed by atoms with Crippen LogP contribution < -0.4 is 0 Å². The molecular weight excluding hydrogens is 160 g/mol. The molecule has 0 fully saturated rings. The lowest BCUT2D eigenvalue weighted by atomic mass is 9.99. The van der Waals surface area contributed by atoms with Gasteiger partial charge in [0.05, 0.1) is 5.92 Å². The standard InChI is InChI=1S/C11H11N2/c1-9(11-12-7-8-13-11)10-5-3-2-4-6-10/h2-9H,1H3/q+1. The zero-order chi connectivity index (χ0) is 9.10. The summed E-state index contributed by atoms with van der Waals surface area (Å²) in [6.45, 7) is 2.12. The molecule has 13 heavy (non-hydrogen) atoms. The Labute approximate surface area is 78.0 Å². The van der Waals surface area contributed by atoms with Crippen LogP contribution in [-0.4, -0.2) is 12.4 Å². The van der Waals surface area contributed by atoms with Gasteiger partial charge in [0.2, 0.25) is 6.17 Å². The van der Waals surface area contributed by atoms with Gasteiger partial charge in [0.25, 0.3) is 0 Å². The zero-order valence-corrected chi connectivity index (χ0v) is 7.51. The molecule has 64 valence electrons. The molecule has 0 spiro atoms. The fourth-order valence-corrected chi connectivity index (χ4v) is 1.37. The molecule has 0 saturated carbocycles. The molecule has 0 radical (unpaired) electrons. The van der Waals surface area contributed by atoms with Crippen molar-refractivity contribution in [2.24, 2.45) is 9.98 Å². The minimum Gasteiger partial charge on any atom is -0.0961 e. The molecule has 1 atom stereocenters. The lowest BCUT2D eigenvalue weighted by molar-refractivity contribution is 0.747. The predicted molar refractivity (Wildman–Crippen MR) is 55.1 cm³/mol. The van der Waals surface area contributed by atoms with Gasteiger partial charge in [0, 0.05) is 0 Å². The smallest absolute Gasteiger partial charge is 0.0961 e. The Morgan fingerprint density at radius 2 is 1.69 bits per heavy atom. The van der Waals surface area contributed by atoms with Crippen molar-refractivity contribution >= 4 is 12.4 Å². The van der Waals surface area contributed by atoms with Crippen LogP contribution in [0.25, 0.3) is 0 Å². The van der Waals surface area contributed by atoms with Crippen molar-refractivity contribution in [3.8, 4) is 0 Å². The summed E-state index contributed by atoms with van der Waals surface area (Å²) in [7, 11) is 0. The van der Waals surface area contributed by atoms with E-state index in [-0.39, 0.29) is 5.92 Å². The average molecular weight is 171 g/mol. The van der Waals surface area contributed by atoms with Gasteiger partial charge in [-0.15, -0.1) is 0 Å². The number of hydrogen-bond donors (Lipinski definition) is 0. The van der Waals surface area contributed by atoms with Crippen molar-refractivity contribution in [2.45, 2.75) is 12.8 Å². The Kier molecular flexibility index (Phi) is 2.13. The van der Waals surface area contributed by atoms with Crippen molar-refractivity contribution in [2.75, 3.05) is 0 Å². The summed E-state index contributed by atoms with van der Waals surface area (Å²) in [6.07, 6.45) is 4.36. The maximum atomic E-state index is 4.18. The SMILES string of the molecule is CC(c1ccccc1)[C+]1N=CC=N1. The maximum Gasteiger partial charge on any atom is 0.247 e. The molecule has 2 nitrogen and oxygen atoms in total. The van der Waals surface area contributed by atoms with Crippen LogP contribution in [0.1, 0.15) is 18.4 Å². The van der Waals surface area contributed by atoms with Crippen molar-refractivity contribution in [1.82, 2.24) is 0 Å². The molecule has 1 heterocycles. The van der Waals surface area contributed by atoms with Crippen molar-refractivity contribution in [3.63, 3.8) is 0 Å². The average Bonchev–Trinajstić information content (AvgIpc) is 2.71. The normalized spacial score (nSPS) is 16.5. The number of rotatable bonds is 2. The van der Waals surface area contributed by atoms with E-state index in [9.17, 15) is 0 Å². The van der Waals surface area contributed by atoms with Crippen LogP contribution in [0, 0.1) is 6.17 Å². The topological polar surface area (TPSA) is 24.7 Å². The summed E-state index contributed by atoms with van der Waals surface area (Å²) in [5, 5.41) is 0. The third-order valence-electron chi connectivity index (χ3n) is 2.17. The van der Waals surface area contributed by atoms with Crippen LogP contribution in [0.2, 0.25) is 0 Å². The molecule has 0 bridgehead atoms. The van der Waals surface area contributed by atoms with Gasteiger partial charge in [-0.1, -0.05) is 40.3 Å². The summed E-state index contributed by atoms with van der Waals surface area (Å²) in [6, 6.07) is 10.3. The van der Waals surface area contributed by atoms with Crippen LogP contribution in [0.15, 0.2) is 40.3 Å². The molecule has 0 N–H and O–H groups in total. The highest BCUT2D eigenvalue weighted by Gasteiger charge is 2.25. The Morgan fingerprint density at radius 1 is 1.08 bits per heavy atom. The van der Waals surface area contributed by atoms with Gasteiger partial charge in [-0.3, -0.25) is 0 Å². The molecule has 1 aromatic rings. The molecule has 1 aromatic carbocycles. The van der Waals surface area contributed by atoms with E-state index in [1.807, 2.05) is 18.2 Å². The Balaban J connectivity index is 2.18. The first-order chi connectivity index (χ1) is 6.38. The van der Waals surface area contributed by atoms with E-state index in [0.29, 0.717) is 0 Å². The molecule has 0 amide bonds. The molecule has 1 aliphatic heterocycles. The molecule has 0 aliphatic carbocycles. The molecule has 1 aliphatic rings. The number of aliphatic imine (C=N–C) groups is 2. The maximum absolute atomic E-state index is 4.18. The third-order valence-corrected chi connectivity index (χ3v) is 2.17. The first-order valence-electron chi connectivity index (χ1n) is 4.36. The van der Waals surface area contributed by atoms with Gasteiger partial charge in [-0.05, 0) is 12.5 Å². The van der Waals surface area contributed by atoms with E-state index in [0.717, 1.165) is 6.17 Å². The fourth-order valence-electron chi connectivity index (χ4n) is 1.37. The van der Waals surface area contributed by atoms with Gasteiger partial charge < -0.3 is 0 Å². The molecule has 0 aromatic heterocycles. The first-order valence-corrected chi connectivity index (χ1v) is 4.36. The summed E-state index contributed by atoms with van der Waals surface area (Å²) in [5.74, 6) is 0.288. The largest absolute Gasteiger partial charge is 0.247 e. The van der Waals surface area contributed by atoms with E-state index in [2.05, 4.69) is 29.0 Å². The van der Waals surface area contributed by atoms with Crippen molar-refractivity contribution < 1.29 is 0 Å². The minimum absolute atomic E-state index is 0.288. The molecule has 1 unspecified atom stereocenters. The molecule has 2 heteroatoms. The van der Waals surface area contributed by atoms with E-state index in [1.54, 1.807) is 12.4 Å². The van der Waals surface area contributed by atoms with E-state index >= 15 is 0 Å². The van der Waals surface area contributed by atoms with Gasteiger partial charge in [-0.25, -0.2) is 0 Å². The second kappa shape index (κ2) is 3.44. The van der Waals surface area contributed by atoms with Gasteiger partial charge in [0.15, 0.2) is 12.4 Å². The fraction of sp³-hybridized carbons (Fsp3) is 0.182. The Hall–Kier alpha value is -1.57. The summed E-state index contributed by atoms with van der Waals surface area (Å²) < 4.78 is 0. The van der Waals surface area contributed by atoms with E-state index in [1.165, 1.54) is 5.56 Å². The molecular formula is C11H11N2+. The van der Waals surface area contributed by atoms with Gasteiger partial charge in [0.1, 0.15) is 0 Å². The summed E-state index contributed by atoms with van der Waals surface area (Å²) >= 11 is 0. The van der Waals surface area contributed by atoms with Gasteiger partial charge in [-0.2, -0.15) is 0 Å². The van der Waals surface area contributed by atoms with Crippen molar-refractivity contribution in [1.29, 1.82) is 0 Å². The first kappa shape index (κ1) is 8.05. The van der Waals surface area contributed by atoms with Crippen molar-refractivity contribution in [3.05, 3.63) is 42.1 Å². The number of hydrogen-bond acceptors (Lipinski definition) is 2. The van der Waals surface area contributed by atoms with E-state index < -0.39 is 0 Å². The second-order valence-electron chi connectivity index (χ2n) is 3.05. The Bertz CT molecular complexity index is 315. The highest BCUT2D eigenvalue weighted by atomic mass is 15.0. The highest BCUT2D eigenvalue weighted by Crippen LogP contribution is 2.28. The number of benzene rings is 1. The van der Waals surface area contributed by atoms with Crippen LogP contribution in [-0.2, 0) is 0 Å². The Morgan fingerprint density at radius 3 is 2.31 bits per heavy atom. The lowest BCUT2D eigenvalue weighted by Crippen LogP contribution is -2.00. The second-order valence-corrected chi connectivity index (χ2v) is 3.05.